The molecule has 4 heteroatoms. The van der Waals surface area contributed by atoms with Crippen molar-refractivity contribution in [3.63, 3.8) is 0 Å². The van der Waals surface area contributed by atoms with Crippen LogP contribution in [0, 0.1) is 17.7 Å². The molecule has 3 nitrogen and oxygen atoms in total. The number of rotatable bonds is 3. The van der Waals surface area contributed by atoms with Crippen molar-refractivity contribution in [3.05, 3.63) is 35.1 Å². The normalized spacial score (nSPS) is 19.2. The van der Waals surface area contributed by atoms with Crippen LogP contribution in [0.5, 0.6) is 0 Å². The van der Waals surface area contributed by atoms with Crippen LogP contribution in [0.25, 0.3) is 0 Å². The summed E-state index contributed by atoms with van der Waals surface area (Å²) in [6, 6.07) is 5.08. The molecule has 0 bridgehead atoms. The Morgan fingerprint density at radius 2 is 2.37 bits per heavy atom. The van der Waals surface area contributed by atoms with Gasteiger partial charge in [-0.3, -0.25) is 4.90 Å². The summed E-state index contributed by atoms with van der Waals surface area (Å²) in [6.07, 6.45) is 1.37. The van der Waals surface area contributed by atoms with Gasteiger partial charge in [-0.05, 0) is 24.1 Å². The van der Waals surface area contributed by atoms with Gasteiger partial charge in [-0.2, -0.15) is 0 Å². The van der Waals surface area contributed by atoms with Gasteiger partial charge in [-0.25, -0.2) is 4.39 Å². The molecule has 1 fully saturated rings. The Morgan fingerprint density at radius 3 is 3.05 bits per heavy atom. The molecular weight excluding hydrogens is 243 g/mol. The van der Waals surface area contributed by atoms with Crippen molar-refractivity contribution in [2.24, 2.45) is 5.73 Å². The van der Waals surface area contributed by atoms with Crippen LogP contribution in [-0.2, 0) is 11.3 Å². The molecule has 19 heavy (non-hydrogen) atoms. The molecule has 2 N–H and O–H groups in total. The van der Waals surface area contributed by atoms with Crippen molar-refractivity contribution in [2.75, 3.05) is 26.7 Å². The van der Waals surface area contributed by atoms with Crippen LogP contribution in [0.1, 0.15) is 17.5 Å². The highest BCUT2D eigenvalue weighted by Gasteiger charge is 2.21. The Balaban J connectivity index is 2.05. The predicted octanol–water partition coefficient (Wildman–Crippen LogP) is 1.36. The van der Waals surface area contributed by atoms with Gasteiger partial charge in [0.1, 0.15) is 5.82 Å². The number of hydrogen-bond acceptors (Lipinski definition) is 3. The lowest BCUT2D eigenvalue weighted by Crippen LogP contribution is -2.22. The molecule has 1 unspecified atom stereocenters. The molecule has 1 atom stereocenters. The first-order valence-electron chi connectivity index (χ1n) is 6.45. The molecule has 0 saturated carbocycles. The molecule has 1 aliphatic heterocycles. The Hall–Kier alpha value is -1.41. The van der Waals surface area contributed by atoms with E-state index in [2.05, 4.69) is 16.7 Å². The molecule has 1 saturated heterocycles. The first-order chi connectivity index (χ1) is 9.22. The van der Waals surface area contributed by atoms with E-state index in [1.807, 2.05) is 6.07 Å². The van der Waals surface area contributed by atoms with Crippen molar-refractivity contribution < 1.29 is 9.13 Å². The van der Waals surface area contributed by atoms with E-state index < -0.39 is 0 Å². The second-order valence-corrected chi connectivity index (χ2v) is 4.70. The SMILES string of the molecule is COC1CCN(Cc2ccc(F)c(C#CCN)c2)C1. The molecule has 0 aromatic heterocycles. The molecule has 0 radical (unpaired) electrons. The average molecular weight is 262 g/mol. The lowest BCUT2D eigenvalue weighted by molar-refractivity contribution is 0.107. The van der Waals surface area contributed by atoms with Gasteiger partial charge < -0.3 is 10.5 Å². The third kappa shape index (κ3) is 3.77. The Morgan fingerprint density at radius 1 is 1.53 bits per heavy atom. The second-order valence-electron chi connectivity index (χ2n) is 4.70. The molecule has 1 heterocycles. The summed E-state index contributed by atoms with van der Waals surface area (Å²) >= 11 is 0. The topological polar surface area (TPSA) is 38.5 Å². The number of halogens is 1. The molecule has 0 aliphatic carbocycles. The number of nitrogens with two attached hydrogens (primary N) is 1. The summed E-state index contributed by atoms with van der Waals surface area (Å²) in [5.41, 5.74) is 6.80. The molecule has 2 rings (SSSR count). The number of likely N-dealkylation sites (tertiary alicyclic amines) is 1. The van der Waals surface area contributed by atoms with Gasteiger partial charge in [-0.1, -0.05) is 17.9 Å². The smallest absolute Gasteiger partial charge is 0.138 e. The highest BCUT2D eigenvalue weighted by atomic mass is 19.1. The molecule has 0 amide bonds. The maximum atomic E-state index is 13.5. The lowest BCUT2D eigenvalue weighted by Gasteiger charge is -2.15. The van der Waals surface area contributed by atoms with Gasteiger partial charge in [-0.15, -0.1) is 0 Å². The maximum absolute atomic E-state index is 13.5. The lowest BCUT2D eigenvalue weighted by atomic mass is 10.1. The summed E-state index contributed by atoms with van der Waals surface area (Å²) in [4.78, 5) is 2.31. The first-order valence-corrected chi connectivity index (χ1v) is 6.45. The number of methoxy groups -OCH3 is 1. The van der Waals surface area contributed by atoms with E-state index >= 15 is 0 Å². The van der Waals surface area contributed by atoms with Crippen LogP contribution in [0.2, 0.25) is 0 Å². The summed E-state index contributed by atoms with van der Waals surface area (Å²) in [6.45, 7) is 2.99. The van der Waals surface area contributed by atoms with Crippen LogP contribution < -0.4 is 5.73 Å². The summed E-state index contributed by atoms with van der Waals surface area (Å²) in [5, 5.41) is 0. The zero-order valence-corrected chi connectivity index (χ0v) is 11.2. The fourth-order valence-corrected chi connectivity index (χ4v) is 2.30. The van der Waals surface area contributed by atoms with Crippen LogP contribution >= 0.6 is 0 Å². The van der Waals surface area contributed by atoms with E-state index in [0.29, 0.717) is 11.7 Å². The van der Waals surface area contributed by atoms with Crippen LogP contribution in [0.4, 0.5) is 4.39 Å². The Labute approximate surface area is 113 Å². The molecule has 1 aromatic rings. The third-order valence-electron chi connectivity index (χ3n) is 3.32. The minimum absolute atomic E-state index is 0.241. The largest absolute Gasteiger partial charge is 0.380 e. The predicted molar refractivity (Wildman–Crippen MR) is 73.0 cm³/mol. The van der Waals surface area contributed by atoms with Crippen molar-refractivity contribution in [1.29, 1.82) is 0 Å². The van der Waals surface area contributed by atoms with Gasteiger partial charge in [0, 0.05) is 26.7 Å². The fourth-order valence-electron chi connectivity index (χ4n) is 2.30. The van der Waals surface area contributed by atoms with Gasteiger partial charge >= 0.3 is 0 Å². The van der Waals surface area contributed by atoms with Crippen LogP contribution in [0.3, 0.4) is 0 Å². The van der Waals surface area contributed by atoms with E-state index in [1.165, 1.54) is 6.07 Å². The Kier molecular flexibility index (Phi) is 4.92. The molecule has 0 spiro atoms. The highest BCUT2D eigenvalue weighted by Crippen LogP contribution is 2.17. The molecule has 1 aromatic carbocycles. The van der Waals surface area contributed by atoms with Crippen molar-refractivity contribution >= 4 is 0 Å². The number of nitrogens with zero attached hydrogens (tertiary/aromatic N) is 1. The quantitative estimate of drug-likeness (QED) is 0.836. The fraction of sp³-hybridized carbons (Fsp3) is 0.467. The van der Waals surface area contributed by atoms with E-state index in [1.54, 1.807) is 13.2 Å². The van der Waals surface area contributed by atoms with Crippen molar-refractivity contribution in [2.45, 2.75) is 19.1 Å². The molecule has 1 aliphatic rings. The third-order valence-corrected chi connectivity index (χ3v) is 3.32. The van der Waals surface area contributed by atoms with Gasteiger partial charge in [0.25, 0.3) is 0 Å². The van der Waals surface area contributed by atoms with Gasteiger partial charge in [0.05, 0.1) is 18.2 Å². The van der Waals surface area contributed by atoms with Crippen molar-refractivity contribution in [1.82, 2.24) is 4.90 Å². The van der Waals surface area contributed by atoms with Gasteiger partial charge in [0.15, 0.2) is 0 Å². The first kappa shape index (κ1) is 14.0. The maximum Gasteiger partial charge on any atom is 0.138 e. The number of benzene rings is 1. The van der Waals surface area contributed by atoms with Crippen LogP contribution in [0.15, 0.2) is 18.2 Å². The van der Waals surface area contributed by atoms with Crippen LogP contribution in [-0.4, -0.2) is 37.7 Å². The Bertz CT molecular complexity index is 493. The molecular formula is C15H19FN2O. The van der Waals surface area contributed by atoms with E-state index in [0.717, 1.165) is 31.6 Å². The minimum Gasteiger partial charge on any atom is -0.380 e. The number of hydrogen-bond donors (Lipinski definition) is 1. The monoisotopic (exact) mass is 262 g/mol. The zero-order valence-electron chi connectivity index (χ0n) is 11.2. The van der Waals surface area contributed by atoms with Gasteiger partial charge in [0.2, 0.25) is 0 Å². The number of ether oxygens (including phenoxy) is 1. The zero-order chi connectivity index (χ0) is 13.7. The molecule has 102 valence electrons. The highest BCUT2D eigenvalue weighted by molar-refractivity contribution is 5.38. The van der Waals surface area contributed by atoms with E-state index in [9.17, 15) is 4.39 Å². The minimum atomic E-state index is -0.291. The summed E-state index contributed by atoms with van der Waals surface area (Å²) < 4.78 is 18.9. The average Bonchev–Trinajstić information content (AvgIpc) is 2.87. The van der Waals surface area contributed by atoms with Crippen molar-refractivity contribution in [3.8, 4) is 11.8 Å². The second kappa shape index (κ2) is 6.67. The van der Waals surface area contributed by atoms with E-state index in [4.69, 9.17) is 10.5 Å². The summed E-state index contributed by atoms with van der Waals surface area (Å²) in [7, 11) is 1.74. The summed E-state index contributed by atoms with van der Waals surface area (Å²) in [5.74, 6) is 5.16. The van der Waals surface area contributed by atoms with E-state index in [-0.39, 0.29) is 12.4 Å². The standard InChI is InChI=1S/C15H19FN2O/c1-19-14-6-8-18(11-14)10-12-4-5-15(16)13(9-12)3-2-7-17/h4-5,9,14H,6-8,10-11,17H2,1H3.